The fraction of sp³-hybridized carbons (Fsp3) is 0.588. The van der Waals surface area contributed by atoms with E-state index in [0.717, 1.165) is 31.5 Å². The van der Waals surface area contributed by atoms with Gasteiger partial charge in [-0.1, -0.05) is 45.1 Å². The zero-order valence-electron chi connectivity index (χ0n) is 12.4. The summed E-state index contributed by atoms with van der Waals surface area (Å²) in [4.78, 5) is 11.9. The average molecular weight is 275 g/mol. The molecule has 20 heavy (non-hydrogen) atoms. The Morgan fingerprint density at radius 3 is 2.85 bits per heavy atom. The first-order valence-corrected chi connectivity index (χ1v) is 7.85. The van der Waals surface area contributed by atoms with E-state index in [1.54, 1.807) is 0 Å². The number of unbranched alkanes of at least 4 members (excludes halogenated alkanes) is 5. The normalized spacial score (nSPS) is 12.8. The molecule has 3 nitrogen and oxygen atoms in total. The largest absolute Gasteiger partial charge is 0.462 e. The Balaban J connectivity index is 1.67. The van der Waals surface area contributed by atoms with Crippen LogP contribution in [-0.4, -0.2) is 19.1 Å². The third-order valence-electron chi connectivity index (χ3n) is 3.79. The van der Waals surface area contributed by atoms with E-state index in [1.807, 2.05) is 18.2 Å². The standard InChI is InChI=1S/C17H25NO2/c1-2-3-4-5-6-7-12-20-17(19)15-9-8-14-10-11-18-16(14)13-15/h8-9,13,18H,2-7,10-12H2,1H3. The summed E-state index contributed by atoms with van der Waals surface area (Å²) in [6.45, 7) is 3.72. The number of hydrogen-bond donors (Lipinski definition) is 1. The van der Waals surface area contributed by atoms with E-state index in [1.165, 1.54) is 31.2 Å². The highest BCUT2D eigenvalue weighted by molar-refractivity contribution is 5.91. The molecule has 0 radical (unpaired) electrons. The van der Waals surface area contributed by atoms with Gasteiger partial charge in [-0.2, -0.15) is 0 Å². The molecule has 0 unspecified atom stereocenters. The number of anilines is 1. The van der Waals surface area contributed by atoms with Gasteiger partial charge in [-0.15, -0.1) is 0 Å². The Morgan fingerprint density at radius 1 is 1.20 bits per heavy atom. The van der Waals surface area contributed by atoms with Crippen LogP contribution in [0.25, 0.3) is 0 Å². The van der Waals surface area contributed by atoms with Crippen LogP contribution in [0.5, 0.6) is 0 Å². The summed E-state index contributed by atoms with van der Waals surface area (Å²) in [6.07, 6.45) is 8.28. The second-order valence-electron chi connectivity index (χ2n) is 5.45. The van der Waals surface area contributed by atoms with Crippen LogP contribution in [0.15, 0.2) is 18.2 Å². The fourth-order valence-electron chi connectivity index (χ4n) is 2.55. The van der Waals surface area contributed by atoms with Crippen molar-refractivity contribution in [3.8, 4) is 0 Å². The van der Waals surface area contributed by atoms with Crippen LogP contribution in [0, 0.1) is 0 Å². The third kappa shape index (κ3) is 4.26. The third-order valence-corrected chi connectivity index (χ3v) is 3.79. The molecule has 0 saturated heterocycles. The summed E-state index contributed by atoms with van der Waals surface area (Å²) in [5, 5.41) is 3.28. The molecule has 2 rings (SSSR count). The maximum atomic E-state index is 11.9. The molecule has 0 spiro atoms. The predicted octanol–water partition coefficient (Wildman–Crippen LogP) is 4.17. The SMILES string of the molecule is CCCCCCCCOC(=O)c1ccc2c(c1)NCC2. The second-order valence-corrected chi connectivity index (χ2v) is 5.45. The number of esters is 1. The molecule has 110 valence electrons. The molecule has 0 saturated carbocycles. The molecule has 1 N–H and O–H groups in total. The number of carbonyl (C=O) groups excluding carboxylic acids is 1. The predicted molar refractivity (Wildman–Crippen MR) is 82.3 cm³/mol. The highest BCUT2D eigenvalue weighted by Gasteiger charge is 2.13. The van der Waals surface area contributed by atoms with E-state index in [2.05, 4.69) is 12.2 Å². The number of hydrogen-bond acceptors (Lipinski definition) is 3. The molecule has 1 aliphatic rings. The van der Waals surface area contributed by atoms with Crippen LogP contribution in [0.2, 0.25) is 0 Å². The van der Waals surface area contributed by atoms with Gasteiger partial charge in [0, 0.05) is 12.2 Å². The van der Waals surface area contributed by atoms with Gasteiger partial charge in [0.25, 0.3) is 0 Å². The second kappa shape index (κ2) is 7.93. The van der Waals surface area contributed by atoms with Gasteiger partial charge in [0.1, 0.15) is 0 Å². The number of nitrogens with one attached hydrogen (secondary N) is 1. The van der Waals surface area contributed by atoms with Crippen molar-refractivity contribution in [2.24, 2.45) is 0 Å². The van der Waals surface area contributed by atoms with Crippen LogP contribution in [-0.2, 0) is 11.2 Å². The number of rotatable bonds is 8. The molecule has 1 heterocycles. The van der Waals surface area contributed by atoms with Crippen molar-refractivity contribution in [1.82, 2.24) is 0 Å². The molecule has 1 aromatic rings. The summed E-state index contributed by atoms with van der Waals surface area (Å²) in [5.41, 5.74) is 3.03. The average Bonchev–Trinajstić information content (AvgIpc) is 2.93. The smallest absolute Gasteiger partial charge is 0.338 e. The molecule has 0 amide bonds. The Bertz CT molecular complexity index is 443. The van der Waals surface area contributed by atoms with Crippen LogP contribution in [0.1, 0.15) is 61.4 Å². The summed E-state index contributed by atoms with van der Waals surface area (Å²) < 4.78 is 5.33. The molecule has 1 aromatic carbocycles. The fourth-order valence-corrected chi connectivity index (χ4v) is 2.55. The number of ether oxygens (including phenoxy) is 1. The van der Waals surface area contributed by atoms with E-state index in [0.29, 0.717) is 12.2 Å². The zero-order chi connectivity index (χ0) is 14.2. The molecule has 0 atom stereocenters. The highest BCUT2D eigenvalue weighted by Crippen LogP contribution is 2.23. The van der Waals surface area contributed by atoms with Crippen molar-refractivity contribution in [3.05, 3.63) is 29.3 Å². The van der Waals surface area contributed by atoms with Gasteiger partial charge in [0.05, 0.1) is 12.2 Å². The van der Waals surface area contributed by atoms with Crippen molar-refractivity contribution < 1.29 is 9.53 Å². The molecule has 3 heteroatoms. The van der Waals surface area contributed by atoms with Crippen molar-refractivity contribution in [2.75, 3.05) is 18.5 Å². The lowest BCUT2D eigenvalue weighted by atomic mass is 10.1. The van der Waals surface area contributed by atoms with E-state index >= 15 is 0 Å². The van der Waals surface area contributed by atoms with Crippen LogP contribution < -0.4 is 5.32 Å². The van der Waals surface area contributed by atoms with Gasteiger partial charge < -0.3 is 10.1 Å². The Hall–Kier alpha value is -1.51. The minimum absolute atomic E-state index is 0.199. The van der Waals surface area contributed by atoms with Crippen LogP contribution in [0.3, 0.4) is 0 Å². The minimum atomic E-state index is -0.199. The molecule has 1 aliphatic heterocycles. The van der Waals surface area contributed by atoms with Crippen molar-refractivity contribution >= 4 is 11.7 Å². The van der Waals surface area contributed by atoms with Gasteiger partial charge in [-0.25, -0.2) is 4.79 Å². The Morgan fingerprint density at radius 2 is 2.00 bits per heavy atom. The van der Waals surface area contributed by atoms with E-state index in [-0.39, 0.29) is 5.97 Å². The van der Waals surface area contributed by atoms with E-state index < -0.39 is 0 Å². The molecule has 0 aliphatic carbocycles. The lowest BCUT2D eigenvalue weighted by molar-refractivity contribution is 0.0497. The zero-order valence-corrected chi connectivity index (χ0v) is 12.4. The molecule has 0 fully saturated rings. The summed E-state index contributed by atoms with van der Waals surface area (Å²) in [5.74, 6) is -0.199. The van der Waals surface area contributed by atoms with Gasteiger partial charge >= 0.3 is 5.97 Å². The monoisotopic (exact) mass is 275 g/mol. The summed E-state index contributed by atoms with van der Waals surface area (Å²) in [6, 6.07) is 5.80. The maximum absolute atomic E-state index is 11.9. The molecular formula is C17H25NO2. The molecular weight excluding hydrogens is 250 g/mol. The summed E-state index contributed by atoms with van der Waals surface area (Å²) >= 11 is 0. The summed E-state index contributed by atoms with van der Waals surface area (Å²) in [7, 11) is 0. The van der Waals surface area contributed by atoms with Crippen molar-refractivity contribution in [1.29, 1.82) is 0 Å². The molecule has 0 aromatic heterocycles. The van der Waals surface area contributed by atoms with Gasteiger partial charge in [-0.3, -0.25) is 0 Å². The topological polar surface area (TPSA) is 38.3 Å². The molecule has 0 bridgehead atoms. The first kappa shape index (κ1) is 14.9. The van der Waals surface area contributed by atoms with Crippen LogP contribution in [0.4, 0.5) is 5.69 Å². The highest BCUT2D eigenvalue weighted by atomic mass is 16.5. The minimum Gasteiger partial charge on any atom is -0.462 e. The number of carbonyl (C=O) groups is 1. The van der Waals surface area contributed by atoms with Gasteiger partial charge in [0.2, 0.25) is 0 Å². The van der Waals surface area contributed by atoms with E-state index in [4.69, 9.17) is 4.74 Å². The lowest BCUT2D eigenvalue weighted by Crippen LogP contribution is -2.06. The first-order valence-electron chi connectivity index (χ1n) is 7.85. The number of benzene rings is 1. The Labute approximate surface area is 121 Å². The van der Waals surface area contributed by atoms with Crippen molar-refractivity contribution in [2.45, 2.75) is 51.9 Å². The van der Waals surface area contributed by atoms with Gasteiger partial charge in [-0.05, 0) is 30.5 Å². The van der Waals surface area contributed by atoms with Gasteiger partial charge in [0.15, 0.2) is 0 Å². The number of fused-ring (bicyclic) bond motifs is 1. The van der Waals surface area contributed by atoms with Crippen molar-refractivity contribution in [3.63, 3.8) is 0 Å². The quantitative estimate of drug-likeness (QED) is 0.571. The lowest BCUT2D eigenvalue weighted by Gasteiger charge is -2.06. The van der Waals surface area contributed by atoms with Crippen LogP contribution >= 0.6 is 0 Å². The first-order chi connectivity index (χ1) is 9.81. The van der Waals surface area contributed by atoms with E-state index in [9.17, 15) is 4.79 Å². The Kier molecular flexibility index (Phi) is 5.90. The maximum Gasteiger partial charge on any atom is 0.338 e.